The lowest BCUT2D eigenvalue weighted by Crippen LogP contribution is -2.36. The maximum absolute atomic E-state index is 5.77. The summed E-state index contributed by atoms with van der Waals surface area (Å²) in [4.78, 5) is 8.99. The van der Waals surface area contributed by atoms with E-state index < -0.39 is 0 Å². The van der Waals surface area contributed by atoms with Crippen LogP contribution in [0, 0.1) is 6.92 Å². The van der Waals surface area contributed by atoms with Gasteiger partial charge in [0.2, 0.25) is 5.88 Å². The third kappa shape index (κ3) is 7.62. The Morgan fingerprint density at radius 2 is 1.93 bits per heavy atom. The molecular formula is C22H32N4O3. The number of guanidine groups is 1. The Labute approximate surface area is 173 Å². The second kappa shape index (κ2) is 12.6. The zero-order valence-electron chi connectivity index (χ0n) is 17.8. The van der Waals surface area contributed by atoms with Crippen LogP contribution >= 0.6 is 0 Å². The van der Waals surface area contributed by atoms with Gasteiger partial charge in [-0.1, -0.05) is 18.2 Å². The number of pyridine rings is 1. The largest absolute Gasteiger partial charge is 0.494 e. The number of aromatic nitrogens is 1. The fourth-order valence-corrected chi connectivity index (χ4v) is 2.68. The molecule has 0 radical (unpaired) electrons. The molecule has 0 bridgehead atoms. The standard InChI is InChI=1S/C22H32N4O3/c1-5-23-22(25-15-18-10-9-17(3)14-20(18)28-6-2)26-16-19-8-7-11-24-21(19)29-13-12-27-4/h7-11,14H,5-6,12-13,15-16H2,1-4H3,(H2,23,25,26). The summed E-state index contributed by atoms with van der Waals surface area (Å²) in [5.41, 5.74) is 3.19. The van der Waals surface area contributed by atoms with Crippen molar-refractivity contribution >= 4 is 5.96 Å². The van der Waals surface area contributed by atoms with Gasteiger partial charge in [-0.25, -0.2) is 9.98 Å². The molecule has 0 aliphatic carbocycles. The van der Waals surface area contributed by atoms with E-state index in [-0.39, 0.29) is 0 Å². The number of nitrogens with one attached hydrogen (secondary N) is 2. The molecular weight excluding hydrogens is 368 g/mol. The monoisotopic (exact) mass is 400 g/mol. The van der Waals surface area contributed by atoms with Crippen LogP contribution in [0.4, 0.5) is 0 Å². The lowest BCUT2D eigenvalue weighted by atomic mass is 10.1. The van der Waals surface area contributed by atoms with Crippen LogP contribution in [-0.2, 0) is 17.8 Å². The van der Waals surface area contributed by atoms with Gasteiger partial charge >= 0.3 is 0 Å². The van der Waals surface area contributed by atoms with E-state index in [1.54, 1.807) is 13.3 Å². The Balaban J connectivity index is 2.06. The SMILES string of the molecule is CCNC(=NCc1cccnc1OCCOC)NCc1ccc(C)cc1OCC. The van der Waals surface area contributed by atoms with Gasteiger partial charge in [-0.15, -0.1) is 0 Å². The topological polar surface area (TPSA) is 77.0 Å². The summed E-state index contributed by atoms with van der Waals surface area (Å²) in [5, 5.41) is 6.65. The number of rotatable bonds is 11. The third-order valence-electron chi connectivity index (χ3n) is 4.10. The summed E-state index contributed by atoms with van der Waals surface area (Å²) >= 11 is 0. The van der Waals surface area contributed by atoms with Crippen LogP contribution in [0.15, 0.2) is 41.5 Å². The molecule has 0 amide bonds. The van der Waals surface area contributed by atoms with Crippen molar-refractivity contribution in [3.05, 3.63) is 53.2 Å². The summed E-state index contributed by atoms with van der Waals surface area (Å²) in [6, 6.07) is 10.1. The minimum atomic E-state index is 0.455. The second-order valence-electron chi connectivity index (χ2n) is 6.40. The minimum Gasteiger partial charge on any atom is -0.494 e. The molecule has 0 fully saturated rings. The molecule has 0 aliphatic rings. The van der Waals surface area contributed by atoms with Crippen LogP contribution in [0.25, 0.3) is 0 Å². The number of methoxy groups -OCH3 is 1. The fourth-order valence-electron chi connectivity index (χ4n) is 2.68. The van der Waals surface area contributed by atoms with Crippen molar-refractivity contribution in [3.8, 4) is 11.6 Å². The molecule has 158 valence electrons. The molecule has 2 rings (SSSR count). The summed E-state index contributed by atoms with van der Waals surface area (Å²) in [7, 11) is 1.65. The Morgan fingerprint density at radius 3 is 2.69 bits per heavy atom. The van der Waals surface area contributed by atoms with E-state index in [9.17, 15) is 0 Å². The van der Waals surface area contributed by atoms with Gasteiger partial charge in [0.25, 0.3) is 0 Å². The van der Waals surface area contributed by atoms with Gasteiger partial charge in [-0.2, -0.15) is 0 Å². The Morgan fingerprint density at radius 1 is 1.07 bits per heavy atom. The van der Waals surface area contributed by atoms with Crippen molar-refractivity contribution in [1.82, 2.24) is 15.6 Å². The first kappa shape index (κ1) is 22.5. The Hall–Kier alpha value is -2.80. The molecule has 1 aromatic heterocycles. The molecule has 0 saturated heterocycles. The summed E-state index contributed by atoms with van der Waals surface area (Å²) in [6.07, 6.45) is 1.71. The molecule has 0 saturated carbocycles. The second-order valence-corrected chi connectivity index (χ2v) is 6.40. The van der Waals surface area contributed by atoms with Crippen molar-refractivity contribution in [3.63, 3.8) is 0 Å². The average Bonchev–Trinajstić information content (AvgIpc) is 2.72. The van der Waals surface area contributed by atoms with Gasteiger partial charge < -0.3 is 24.8 Å². The predicted molar refractivity (Wildman–Crippen MR) is 116 cm³/mol. The van der Waals surface area contributed by atoms with Crippen LogP contribution in [0.3, 0.4) is 0 Å². The molecule has 1 heterocycles. The smallest absolute Gasteiger partial charge is 0.218 e. The van der Waals surface area contributed by atoms with Crippen LogP contribution in [0.5, 0.6) is 11.6 Å². The van der Waals surface area contributed by atoms with Crippen molar-refractivity contribution < 1.29 is 14.2 Å². The zero-order chi connectivity index (χ0) is 20.9. The number of nitrogens with zero attached hydrogens (tertiary/aromatic N) is 2. The molecule has 0 atom stereocenters. The van der Waals surface area contributed by atoms with E-state index in [1.165, 1.54) is 5.56 Å². The van der Waals surface area contributed by atoms with E-state index in [1.807, 2.05) is 26.0 Å². The van der Waals surface area contributed by atoms with Crippen LogP contribution < -0.4 is 20.1 Å². The Kier molecular flexibility index (Phi) is 9.78. The Bertz CT molecular complexity index is 780. The number of ether oxygens (including phenoxy) is 3. The van der Waals surface area contributed by atoms with Crippen molar-refractivity contribution in [1.29, 1.82) is 0 Å². The van der Waals surface area contributed by atoms with Gasteiger partial charge in [-0.3, -0.25) is 0 Å². The molecule has 2 N–H and O–H groups in total. The summed E-state index contributed by atoms with van der Waals surface area (Å²) < 4.78 is 16.5. The molecule has 0 aliphatic heterocycles. The van der Waals surface area contributed by atoms with Gasteiger partial charge in [0, 0.05) is 37.5 Å². The van der Waals surface area contributed by atoms with Crippen molar-refractivity contribution in [2.45, 2.75) is 33.9 Å². The molecule has 1 aromatic carbocycles. The number of aliphatic imine (C=N–C) groups is 1. The van der Waals surface area contributed by atoms with Crippen LogP contribution in [0.1, 0.15) is 30.5 Å². The quantitative estimate of drug-likeness (QED) is 0.343. The highest BCUT2D eigenvalue weighted by atomic mass is 16.5. The lowest BCUT2D eigenvalue weighted by Gasteiger charge is -2.15. The molecule has 0 unspecified atom stereocenters. The van der Waals surface area contributed by atoms with E-state index in [4.69, 9.17) is 14.2 Å². The summed E-state index contributed by atoms with van der Waals surface area (Å²) in [5.74, 6) is 2.21. The van der Waals surface area contributed by atoms with Crippen molar-refractivity contribution in [2.24, 2.45) is 4.99 Å². The van der Waals surface area contributed by atoms with E-state index >= 15 is 0 Å². The third-order valence-corrected chi connectivity index (χ3v) is 4.10. The highest BCUT2D eigenvalue weighted by Gasteiger charge is 2.07. The minimum absolute atomic E-state index is 0.455. The fraction of sp³-hybridized carbons (Fsp3) is 0.455. The van der Waals surface area contributed by atoms with Crippen molar-refractivity contribution in [2.75, 3.05) is 33.5 Å². The number of hydrogen-bond acceptors (Lipinski definition) is 5. The van der Waals surface area contributed by atoms with Gasteiger partial charge in [-0.05, 0) is 38.5 Å². The lowest BCUT2D eigenvalue weighted by molar-refractivity contribution is 0.143. The number of hydrogen-bond donors (Lipinski definition) is 2. The number of benzene rings is 1. The first-order valence-electron chi connectivity index (χ1n) is 9.98. The van der Waals surface area contributed by atoms with E-state index in [0.717, 1.165) is 29.4 Å². The predicted octanol–water partition coefficient (Wildman–Crippen LogP) is 3.07. The average molecular weight is 401 g/mol. The van der Waals surface area contributed by atoms with E-state index in [0.29, 0.717) is 38.8 Å². The van der Waals surface area contributed by atoms with E-state index in [2.05, 4.69) is 45.7 Å². The van der Waals surface area contributed by atoms with Crippen LogP contribution in [0.2, 0.25) is 0 Å². The molecule has 7 heteroatoms. The molecule has 0 spiro atoms. The maximum Gasteiger partial charge on any atom is 0.218 e. The molecule has 2 aromatic rings. The van der Waals surface area contributed by atoms with Gasteiger partial charge in [0.05, 0.1) is 19.8 Å². The first-order valence-corrected chi connectivity index (χ1v) is 9.98. The summed E-state index contributed by atoms with van der Waals surface area (Å²) in [6.45, 7) is 9.54. The molecule has 7 nitrogen and oxygen atoms in total. The number of aryl methyl sites for hydroxylation is 1. The van der Waals surface area contributed by atoms with Gasteiger partial charge in [0.1, 0.15) is 12.4 Å². The highest BCUT2D eigenvalue weighted by Crippen LogP contribution is 2.20. The first-order chi connectivity index (χ1) is 14.2. The van der Waals surface area contributed by atoms with Crippen LogP contribution in [-0.4, -0.2) is 44.4 Å². The zero-order valence-corrected chi connectivity index (χ0v) is 17.8. The molecule has 29 heavy (non-hydrogen) atoms. The highest BCUT2D eigenvalue weighted by molar-refractivity contribution is 5.79. The normalized spacial score (nSPS) is 11.2. The van der Waals surface area contributed by atoms with Gasteiger partial charge in [0.15, 0.2) is 5.96 Å². The maximum atomic E-state index is 5.77.